The molecule has 1 N–H and O–H groups in total. The number of carbonyl (C=O) groups is 1. The summed E-state index contributed by atoms with van der Waals surface area (Å²) in [6.07, 6.45) is 3.95. The number of aryl methyl sites for hydroxylation is 1. The Labute approximate surface area is 133 Å². The smallest absolute Gasteiger partial charge is 0.294 e. The second-order valence-electron chi connectivity index (χ2n) is 6.06. The average molecular weight is 306 g/mol. The van der Waals surface area contributed by atoms with Gasteiger partial charge in [-0.15, -0.1) is 0 Å². The molecule has 0 saturated heterocycles. The summed E-state index contributed by atoms with van der Waals surface area (Å²) in [6, 6.07) is 13.8. The van der Waals surface area contributed by atoms with Crippen LogP contribution in [0, 0.1) is 5.41 Å². The van der Waals surface area contributed by atoms with Gasteiger partial charge in [0.05, 0.1) is 12.2 Å². The van der Waals surface area contributed by atoms with E-state index in [0.717, 1.165) is 47.9 Å². The molecule has 1 aromatic heterocycles. The van der Waals surface area contributed by atoms with Crippen molar-refractivity contribution in [2.24, 2.45) is 0 Å². The number of ketones is 1. The Hall–Kier alpha value is -2.62. The molecule has 0 fully saturated rings. The van der Waals surface area contributed by atoms with E-state index in [9.17, 15) is 4.79 Å². The molecule has 3 aromatic rings. The summed E-state index contributed by atoms with van der Waals surface area (Å²) in [6.45, 7) is 0.177. The third kappa shape index (κ3) is 2.50. The summed E-state index contributed by atoms with van der Waals surface area (Å²) in [5.74, 6) is 0.899. The second kappa shape index (κ2) is 5.54. The first-order valence-corrected chi connectivity index (χ1v) is 8.00. The van der Waals surface area contributed by atoms with Crippen LogP contribution in [0.5, 0.6) is 0 Å². The molecule has 4 heteroatoms. The van der Waals surface area contributed by atoms with Crippen molar-refractivity contribution < 1.29 is 9.21 Å². The van der Waals surface area contributed by atoms with Crippen molar-refractivity contribution in [1.82, 2.24) is 4.57 Å². The molecule has 4 rings (SSSR count). The molecule has 2 aromatic carbocycles. The van der Waals surface area contributed by atoms with Gasteiger partial charge in [0.1, 0.15) is 5.76 Å². The number of Topliss-reactive ketones (excluding diaryl/α,β-unsaturated/α-hetero) is 1. The van der Waals surface area contributed by atoms with Crippen LogP contribution in [0.3, 0.4) is 0 Å². The average Bonchev–Trinajstić information content (AvgIpc) is 2.90. The summed E-state index contributed by atoms with van der Waals surface area (Å²) in [5, 5.41) is 10.2. The largest absolute Gasteiger partial charge is 0.429 e. The van der Waals surface area contributed by atoms with Gasteiger partial charge in [-0.3, -0.25) is 14.8 Å². The highest BCUT2D eigenvalue weighted by atomic mass is 16.4. The van der Waals surface area contributed by atoms with Gasteiger partial charge in [-0.05, 0) is 36.1 Å². The normalized spacial score (nSPS) is 13.9. The molecule has 1 aliphatic rings. The molecule has 4 nitrogen and oxygen atoms in total. The van der Waals surface area contributed by atoms with E-state index >= 15 is 0 Å². The van der Waals surface area contributed by atoms with Crippen molar-refractivity contribution in [2.75, 3.05) is 0 Å². The number of nitrogens with zero attached hydrogens (tertiary/aromatic N) is 1. The lowest BCUT2D eigenvalue weighted by Gasteiger charge is -2.12. The van der Waals surface area contributed by atoms with Gasteiger partial charge in [0, 0.05) is 12.0 Å². The number of carbonyl (C=O) groups excluding carboxylic acids is 1. The highest BCUT2D eigenvalue weighted by molar-refractivity contribution is 5.99. The molecule has 0 atom stereocenters. The van der Waals surface area contributed by atoms with Crippen LogP contribution in [0.1, 0.15) is 34.7 Å². The minimum absolute atomic E-state index is 0.0171. The van der Waals surface area contributed by atoms with Gasteiger partial charge < -0.3 is 4.42 Å². The highest BCUT2D eigenvalue weighted by Gasteiger charge is 2.20. The fraction of sp³-hybridized carbons (Fsp3) is 0.263. The minimum atomic E-state index is 0.0171. The van der Waals surface area contributed by atoms with Gasteiger partial charge in [0.2, 0.25) is 0 Å². The fourth-order valence-electron chi connectivity index (χ4n) is 3.32. The van der Waals surface area contributed by atoms with E-state index < -0.39 is 0 Å². The van der Waals surface area contributed by atoms with Crippen LogP contribution in [0.4, 0.5) is 0 Å². The fourth-order valence-corrected chi connectivity index (χ4v) is 3.32. The van der Waals surface area contributed by atoms with Crippen LogP contribution in [0.25, 0.3) is 10.8 Å². The number of oxazole rings is 1. The lowest BCUT2D eigenvalue weighted by atomic mass is 10.0. The lowest BCUT2D eigenvalue weighted by molar-refractivity contribution is 0.0967. The van der Waals surface area contributed by atoms with Crippen molar-refractivity contribution >= 4 is 16.6 Å². The van der Waals surface area contributed by atoms with Crippen LogP contribution < -0.4 is 5.68 Å². The van der Waals surface area contributed by atoms with Gasteiger partial charge in [-0.2, -0.15) is 0 Å². The Morgan fingerprint density at radius 3 is 2.74 bits per heavy atom. The van der Waals surface area contributed by atoms with E-state index in [1.54, 1.807) is 4.57 Å². The van der Waals surface area contributed by atoms with E-state index in [4.69, 9.17) is 9.83 Å². The predicted octanol–water partition coefficient (Wildman–Crippen LogP) is 3.48. The molecular formula is C19H18N2O2. The number of nitrogens with one attached hydrogen (secondary N) is 1. The quantitative estimate of drug-likeness (QED) is 0.753. The van der Waals surface area contributed by atoms with Crippen LogP contribution in [-0.4, -0.2) is 10.4 Å². The number of rotatable bonds is 3. The van der Waals surface area contributed by atoms with Crippen molar-refractivity contribution in [2.45, 2.75) is 32.2 Å². The zero-order valence-corrected chi connectivity index (χ0v) is 12.8. The summed E-state index contributed by atoms with van der Waals surface area (Å²) in [4.78, 5) is 12.6. The maximum absolute atomic E-state index is 12.6. The Bertz CT molecular complexity index is 949. The molecular weight excluding hydrogens is 288 g/mol. The molecule has 0 amide bonds. The van der Waals surface area contributed by atoms with Gasteiger partial charge in [-0.1, -0.05) is 36.4 Å². The van der Waals surface area contributed by atoms with E-state index in [1.807, 2.05) is 42.5 Å². The first kappa shape index (κ1) is 14.0. The number of aromatic nitrogens is 1. The van der Waals surface area contributed by atoms with E-state index in [0.29, 0.717) is 5.56 Å². The van der Waals surface area contributed by atoms with Crippen LogP contribution in [-0.2, 0) is 19.4 Å². The topological polar surface area (TPSA) is 59.0 Å². The molecule has 0 saturated carbocycles. The molecule has 0 aliphatic heterocycles. The van der Waals surface area contributed by atoms with Gasteiger partial charge in [0.25, 0.3) is 5.68 Å². The molecule has 0 unspecified atom stereocenters. The summed E-state index contributed by atoms with van der Waals surface area (Å²) >= 11 is 0. The first-order valence-electron chi connectivity index (χ1n) is 8.00. The SMILES string of the molecule is N=c1oc2c(n1CC(=O)c1ccc3ccccc3c1)CCCC2. The Morgan fingerprint density at radius 2 is 1.87 bits per heavy atom. The van der Waals surface area contributed by atoms with Crippen LogP contribution in [0.15, 0.2) is 46.9 Å². The third-order valence-corrected chi connectivity index (χ3v) is 4.55. The lowest BCUT2D eigenvalue weighted by Crippen LogP contribution is -2.23. The number of benzene rings is 2. The standard InChI is InChI=1S/C19H18N2O2/c20-19-21(16-7-3-4-8-18(16)23-19)12-17(22)15-10-9-13-5-1-2-6-14(13)11-15/h1-2,5-6,9-11,20H,3-4,7-8,12H2. The molecule has 0 radical (unpaired) electrons. The van der Waals surface area contributed by atoms with E-state index in [1.165, 1.54) is 0 Å². The Balaban J connectivity index is 1.67. The van der Waals surface area contributed by atoms with Crippen molar-refractivity contribution in [3.8, 4) is 0 Å². The van der Waals surface area contributed by atoms with Crippen molar-refractivity contribution in [3.63, 3.8) is 0 Å². The number of fused-ring (bicyclic) bond motifs is 2. The maximum atomic E-state index is 12.6. The minimum Gasteiger partial charge on any atom is -0.429 e. The third-order valence-electron chi connectivity index (χ3n) is 4.55. The van der Waals surface area contributed by atoms with Crippen LogP contribution in [0.2, 0.25) is 0 Å². The first-order chi connectivity index (χ1) is 11.2. The Morgan fingerprint density at radius 1 is 1.09 bits per heavy atom. The summed E-state index contributed by atoms with van der Waals surface area (Å²) in [5.41, 5.74) is 1.79. The highest BCUT2D eigenvalue weighted by Crippen LogP contribution is 2.21. The molecule has 0 spiro atoms. The van der Waals surface area contributed by atoms with Gasteiger partial charge in [0.15, 0.2) is 5.78 Å². The van der Waals surface area contributed by atoms with Gasteiger partial charge in [-0.25, -0.2) is 0 Å². The van der Waals surface area contributed by atoms with Gasteiger partial charge >= 0.3 is 0 Å². The Kier molecular flexibility index (Phi) is 3.37. The summed E-state index contributed by atoms with van der Waals surface area (Å²) < 4.78 is 7.25. The van der Waals surface area contributed by atoms with Crippen molar-refractivity contribution in [1.29, 1.82) is 5.41 Å². The molecule has 116 valence electrons. The number of hydrogen-bond donors (Lipinski definition) is 1. The maximum Gasteiger partial charge on any atom is 0.294 e. The molecule has 1 aliphatic carbocycles. The molecule has 23 heavy (non-hydrogen) atoms. The number of hydrogen-bond acceptors (Lipinski definition) is 3. The summed E-state index contributed by atoms with van der Waals surface area (Å²) in [7, 11) is 0. The zero-order chi connectivity index (χ0) is 15.8. The molecule has 1 heterocycles. The zero-order valence-electron chi connectivity index (χ0n) is 12.8. The van der Waals surface area contributed by atoms with Crippen molar-refractivity contribution in [3.05, 3.63) is 65.2 Å². The van der Waals surface area contributed by atoms with E-state index in [2.05, 4.69) is 0 Å². The van der Waals surface area contributed by atoms with Crippen LogP contribution >= 0.6 is 0 Å². The predicted molar refractivity (Wildman–Crippen MR) is 87.5 cm³/mol. The molecule has 0 bridgehead atoms. The van der Waals surface area contributed by atoms with E-state index in [-0.39, 0.29) is 18.0 Å². The monoisotopic (exact) mass is 306 g/mol. The second-order valence-corrected chi connectivity index (χ2v) is 6.06.